The molecule has 70 heavy (non-hydrogen) atoms. The lowest BCUT2D eigenvalue weighted by Crippen LogP contribution is -2.35. The molecule has 3 N–H and O–H groups in total. The number of piperidine rings is 1. The number of benzene rings is 5. The van der Waals surface area contributed by atoms with Crippen molar-refractivity contribution in [3.05, 3.63) is 163 Å². The molecule has 2 amide bonds. The predicted octanol–water partition coefficient (Wildman–Crippen LogP) is 13.2. The minimum absolute atomic E-state index is 0.264. The highest BCUT2D eigenvalue weighted by Crippen LogP contribution is 2.42. The van der Waals surface area contributed by atoms with Crippen LogP contribution in [0.3, 0.4) is 0 Å². The molecule has 3 aliphatic rings. The number of aromatic nitrogens is 4. The number of fused-ring (bicyclic) bond motifs is 2. The molecule has 354 valence electrons. The van der Waals surface area contributed by atoms with Crippen molar-refractivity contribution in [2.45, 2.75) is 35.2 Å². The number of anilines is 7. The van der Waals surface area contributed by atoms with Crippen LogP contribution >= 0.6 is 69.9 Å². The standard InChI is InChI=1S/C52H44Cl4N10O2S2/c1-64(2)36-16-12-30(13-17-36)32-14-19-44(61-52-59-27-39-48(63-52)70-29-66(50(39)68)46-42(55)10-5-11-43(46)56)34(24-32)7-3-6-33-25-35(15-18-37(33)31-20-22-57-23-21-31)60-51-58-26-38-47(62-51)69-28-65(49(38)67)45-40(53)8-4-9-41(45)54/h3-5,7-19,24-27,31,57H,6,20-23,28-29H2,1-2H3,(H,58,60,62)(H,59,61,63)/b7-3-. The maximum Gasteiger partial charge on any atom is 0.263 e. The summed E-state index contributed by atoms with van der Waals surface area (Å²) in [5.74, 6) is 1.21. The lowest BCUT2D eigenvalue weighted by Gasteiger charge is -2.28. The second-order valence-electron chi connectivity index (χ2n) is 17.0. The van der Waals surface area contributed by atoms with Crippen molar-refractivity contribution < 1.29 is 9.59 Å². The first-order valence-corrected chi connectivity index (χ1v) is 25.9. The van der Waals surface area contributed by atoms with Crippen molar-refractivity contribution in [1.82, 2.24) is 25.3 Å². The van der Waals surface area contributed by atoms with Crippen LogP contribution < -0.4 is 30.7 Å². The van der Waals surface area contributed by atoms with Gasteiger partial charge >= 0.3 is 0 Å². The molecule has 2 aromatic heterocycles. The first-order chi connectivity index (χ1) is 34.0. The Hall–Kier alpha value is -5.84. The molecule has 5 heterocycles. The van der Waals surface area contributed by atoms with Gasteiger partial charge in [-0.3, -0.25) is 19.4 Å². The van der Waals surface area contributed by atoms with E-state index in [2.05, 4.69) is 97.6 Å². The fourth-order valence-corrected chi connectivity index (χ4v) is 11.8. The van der Waals surface area contributed by atoms with Crippen LogP contribution in [0.25, 0.3) is 17.2 Å². The van der Waals surface area contributed by atoms with Gasteiger partial charge in [0.1, 0.15) is 10.1 Å². The van der Waals surface area contributed by atoms with Gasteiger partial charge in [-0.1, -0.05) is 118 Å². The van der Waals surface area contributed by atoms with E-state index in [1.54, 1.807) is 58.6 Å². The number of nitrogens with zero attached hydrogens (tertiary/aromatic N) is 7. The third-order valence-electron chi connectivity index (χ3n) is 12.4. The molecular weight excluding hydrogens is 1000 g/mol. The van der Waals surface area contributed by atoms with E-state index in [1.807, 2.05) is 20.2 Å². The third kappa shape index (κ3) is 10.0. The summed E-state index contributed by atoms with van der Waals surface area (Å²) in [4.78, 5) is 51.3. The van der Waals surface area contributed by atoms with Gasteiger partial charge < -0.3 is 20.9 Å². The highest BCUT2D eigenvalue weighted by molar-refractivity contribution is 7.99. The molecule has 7 aromatic rings. The SMILES string of the molecule is CN(C)c1ccc(-c2ccc(Nc3ncc4c(n3)SCN(c3c(Cl)cccc3Cl)C4=O)c(/C=C\Cc3cc(Nc4ncc5c(n4)SCN(c4c(Cl)cccc4Cl)C5=O)ccc3C3CCNCC3)c2)cc1. The number of hydrogen-bond acceptors (Lipinski definition) is 12. The molecule has 0 radical (unpaired) electrons. The Bertz CT molecular complexity index is 3150. The number of para-hydroxylation sites is 2. The number of rotatable bonds is 12. The summed E-state index contributed by atoms with van der Waals surface area (Å²) in [6, 6.07) is 31.6. The normalized spacial score (nSPS) is 15.0. The van der Waals surface area contributed by atoms with Crippen LogP contribution in [0.4, 0.5) is 40.3 Å². The van der Waals surface area contributed by atoms with E-state index in [1.165, 1.54) is 34.7 Å². The second kappa shape index (κ2) is 20.9. The number of halogens is 4. The lowest BCUT2D eigenvalue weighted by atomic mass is 9.86. The molecule has 0 aliphatic carbocycles. The molecule has 12 nitrogen and oxygen atoms in total. The van der Waals surface area contributed by atoms with Crippen LogP contribution in [0.1, 0.15) is 56.2 Å². The highest BCUT2D eigenvalue weighted by atomic mass is 35.5. The van der Waals surface area contributed by atoms with Crippen molar-refractivity contribution in [2.75, 3.05) is 64.3 Å². The van der Waals surface area contributed by atoms with Gasteiger partial charge in [-0.05, 0) is 127 Å². The lowest BCUT2D eigenvalue weighted by molar-refractivity contribution is 0.0978. The van der Waals surface area contributed by atoms with Gasteiger partial charge in [0.25, 0.3) is 11.8 Å². The van der Waals surface area contributed by atoms with Crippen LogP contribution in [-0.2, 0) is 6.42 Å². The van der Waals surface area contributed by atoms with Crippen LogP contribution in [-0.4, -0.2) is 70.7 Å². The first kappa shape index (κ1) is 47.8. The minimum Gasteiger partial charge on any atom is -0.378 e. The average Bonchev–Trinajstić information content (AvgIpc) is 3.36. The van der Waals surface area contributed by atoms with Gasteiger partial charge in [-0.2, -0.15) is 0 Å². The van der Waals surface area contributed by atoms with Gasteiger partial charge in [-0.15, -0.1) is 0 Å². The number of thioether (sulfide) groups is 2. The van der Waals surface area contributed by atoms with Crippen molar-refractivity contribution in [3.63, 3.8) is 0 Å². The van der Waals surface area contributed by atoms with E-state index in [-0.39, 0.29) is 17.7 Å². The maximum absolute atomic E-state index is 13.7. The van der Waals surface area contributed by atoms with Crippen molar-refractivity contribution in [3.8, 4) is 11.1 Å². The fraction of sp³-hybridized carbons (Fsp3) is 0.192. The Labute approximate surface area is 434 Å². The predicted molar refractivity (Wildman–Crippen MR) is 289 cm³/mol. The molecule has 0 unspecified atom stereocenters. The molecule has 0 bridgehead atoms. The van der Waals surface area contributed by atoms with Crippen molar-refractivity contribution in [2.24, 2.45) is 0 Å². The van der Waals surface area contributed by atoms with Crippen LogP contribution in [0.2, 0.25) is 20.1 Å². The Morgan fingerprint density at radius 1 is 0.700 bits per heavy atom. The Morgan fingerprint density at radius 2 is 1.26 bits per heavy atom. The molecule has 0 saturated carbocycles. The largest absolute Gasteiger partial charge is 0.378 e. The quantitative estimate of drug-likeness (QED) is 0.101. The van der Waals surface area contributed by atoms with E-state index in [9.17, 15) is 9.59 Å². The number of allylic oxidation sites excluding steroid dienone is 1. The van der Waals surface area contributed by atoms with E-state index >= 15 is 0 Å². The van der Waals surface area contributed by atoms with Crippen molar-refractivity contribution in [1.29, 1.82) is 0 Å². The summed E-state index contributed by atoms with van der Waals surface area (Å²) >= 11 is 28.8. The molecule has 0 spiro atoms. The zero-order valence-corrected chi connectivity index (χ0v) is 42.5. The zero-order valence-electron chi connectivity index (χ0n) is 37.8. The number of nitrogens with one attached hydrogen (secondary N) is 3. The summed E-state index contributed by atoms with van der Waals surface area (Å²) in [5.41, 5.74) is 9.98. The number of carbonyl (C=O) groups is 2. The molecule has 10 rings (SSSR count). The van der Waals surface area contributed by atoms with Crippen LogP contribution in [0.5, 0.6) is 0 Å². The monoisotopic (exact) mass is 1040 g/mol. The topological polar surface area (TPSA) is 132 Å². The smallest absolute Gasteiger partial charge is 0.263 e. The second-order valence-corrected chi connectivity index (χ2v) is 20.5. The van der Waals surface area contributed by atoms with E-state index in [0.29, 0.717) is 82.8 Å². The number of carbonyl (C=O) groups excluding carboxylic acids is 2. The highest BCUT2D eigenvalue weighted by Gasteiger charge is 2.32. The van der Waals surface area contributed by atoms with Gasteiger partial charge in [0, 0.05) is 43.6 Å². The first-order valence-electron chi connectivity index (χ1n) is 22.5. The Balaban J connectivity index is 0.928. The van der Waals surface area contributed by atoms with Gasteiger partial charge in [0.2, 0.25) is 11.9 Å². The van der Waals surface area contributed by atoms with Gasteiger partial charge in [0.15, 0.2) is 0 Å². The van der Waals surface area contributed by atoms with Crippen LogP contribution in [0, 0.1) is 0 Å². The van der Waals surface area contributed by atoms with E-state index in [0.717, 1.165) is 59.7 Å². The number of hydrogen-bond donors (Lipinski definition) is 3. The summed E-state index contributed by atoms with van der Waals surface area (Å²) in [7, 11) is 4.06. The molecular formula is C52H44Cl4N10O2S2. The summed E-state index contributed by atoms with van der Waals surface area (Å²) in [6.45, 7) is 1.92. The molecule has 0 atom stereocenters. The van der Waals surface area contributed by atoms with E-state index < -0.39 is 0 Å². The summed E-state index contributed by atoms with van der Waals surface area (Å²) in [5, 5.41) is 13.1. The maximum atomic E-state index is 13.7. The van der Waals surface area contributed by atoms with Gasteiger partial charge in [0.05, 0.1) is 54.3 Å². The average molecular weight is 1050 g/mol. The van der Waals surface area contributed by atoms with E-state index in [4.69, 9.17) is 56.4 Å². The number of amides is 2. The third-order valence-corrected chi connectivity index (χ3v) is 15.5. The summed E-state index contributed by atoms with van der Waals surface area (Å²) in [6.07, 6.45) is 10.2. The zero-order chi connectivity index (χ0) is 48.5. The molecule has 3 aliphatic heterocycles. The Kier molecular flexibility index (Phi) is 14.3. The minimum atomic E-state index is -0.273. The summed E-state index contributed by atoms with van der Waals surface area (Å²) < 4.78 is 0. The molecule has 1 saturated heterocycles. The fourth-order valence-electron chi connectivity index (χ4n) is 8.75. The van der Waals surface area contributed by atoms with Crippen LogP contribution in [0.15, 0.2) is 126 Å². The Morgan fingerprint density at radius 3 is 1.83 bits per heavy atom. The molecule has 18 heteroatoms. The van der Waals surface area contributed by atoms with Crippen molar-refractivity contribution >= 4 is 128 Å². The van der Waals surface area contributed by atoms with Gasteiger partial charge in [-0.25, -0.2) is 19.9 Å². The molecule has 1 fully saturated rings. The molecule has 5 aromatic carbocycles.